The molecule has 0 spiro atoms. The molecule has 0 aliphatic heterocycles. The Bertz CT molecular complexity index is 589. The Morgan fingerprint density at radius 2 is 1.68 bits per heavy atom. The summed E-state index contributed by atoms with van der Waals surface area (Å²) in [6.45, 7) is 5.89. The van der Waals surface area contributed by atoms with Gasteiger partial charge in [-0.1, -0.05) is 57.7 Å². The molecule has 0 saturated heterocycles. The van der Waals surface area contributed by atoms with E-state index in [1.165, 1.54) is 25.7 Å². The Morgan fingerprint density at radius 3 is 2.24 bits per heavy atom. The van der Waals surface area contributed by atoms with E-state index < -0.39 is 6.04 Å². The highest BCUT2D eigenvalue weighted by molar-refractivity contribution is 5.98. The third kappa shape index (κ3) is 5.07. The molecule has 0 unspecified atom stereocenters. The van der Waals surface area contributed by atoms with E-state index in [0.29, 0.717) is 11.6 Å². The van der Waals surface area contributed by atoms with Crippen molar-refractivity contribution < 1.29 is 9.59 Å². The summed E-state index contributed by atoms with van der Waals surface area (Å²) in [5.41, 5.74) is 1.56. The van der Waals surface area contributed by atoms with Gasteiger partial charge in [-0.25, -0.2) is 0 Å². The second-order valence-electron chi connectivity index (χ2n) is 7.60. The van der Waals surface area contributed by atoms with Crippen molar-refractivity contribution in [3.8, 4) is 0 Å². The second-order valence-corrected chi connectivity index (χ2v) is 7.60. The highest BCUT2D eigenvalue weighted by Crippen LogP contribution is 2.22. The van der Waals surface area contributed by atoms with Crippen LogP contribution >= 0.6 is 0 Å². The molecule has 0 bridgehead atoms. The maximum atomic E-state index is 13.1. The van der Waals surface area contributed by atoms with E-state index in [1.54, 1.807) is 0 Å². The van der Waals surface area contributed by atoms with E-state index in [-0.39, 0.29) is 17.7 Å². The van der Waals surface area contributed by atoms with Crippen LogP contribution in [0.15, 0.2) is 24.3 Å². The number of hydrogen-bond donors (Lipinski definition) is 1. The molecule has 0 radical (unpaired) electrons. The van der Waals surface area contributed by atoms with Gasteiger partial charge >= 0.3 is 0 Å². The smallest absolute Gasteiger partial charge is 0.252 e. The van der Waals surface area contributed by atoms with Gasteiger partial charge in [-0.3, -0.25) is 9.59 Å². The van der Waals surface area contributed by atoms with Crippen molar-refractivity contribution in [1.82, 2.24) is 10.2 Å². The van der Waals surface area contributed by atoms with E-state index in [4.69, 9.17) is 0 Å². The van der Waals surface area contributed by atoms with Crippen LogP contribution in [0.1, 0.15) is 68.3 Å². The zero-order chi connectivity index (χ0) is 18.4. The van der Waals surface area contributed by atoms with Crippen molar-refractivity contribution in [2.45, 2.75) is 71.4 Å². The zero-order valence-electron chi connectivity index (χ0n) is 16.0. The van der Waals surface area contributed by atoms with Crippen LogP contribution in [0.4, 0.5) is 0 Å². The van der Waals surface area contributed by atoms with Crippen LogP contribution in [0, 0.1) is 12.8 Å². The van der Waals surface area contributed by atoms with Crippen LogP contribution < -0.4 is 5.32 Å². The van der Waals surface area contributed by atoms with E-state index in [2.05, 4.69) is 5.32 Å². The summed E-state index contributed by atoms with van der Waals surface area (Å²) >= 11 is 0. The summed E-state index contributed by atoms with van der Waals surface area (Å²) in [7, 11) is 1.90. The number of carbonyl (C=O) groups excluding carboxylic acids is 2. The van der Waals surface area contributed by atoms with Crippen molar-refractivity contribution in [2.24, 2.45) is 5.92 Å². The van der Waals surface area contributed by atoms with Gasteiger partial charge in [-0.05, 0) is 37.3 Å². The van der Waals surface area contributed by atoms with Gasteiger partial charge in [0.15, 0.2) is 0 Å². The zero-order valence-corrected chi connectivity index (χ0v) is 16.0. The number of carbonyl (C=O) groups is 2. The molecule has 4 nitrogen and oxygen atoms in total. The summed E-state index contributed by atoms with van der Waals surface area (Å²) in [5, 5.41) is 2.98. The van der Waals surface area contributed by atoms with Gasteiger partial charge in [0.1, 0.15) is 6.04 Å². The molecule has 2 amide bonds. The average molecular weight is 344 g/mol. The molecule has 1 atom stereocenters. The van der Waals surface area contributed by atoms with Gasteiger partial charge in [0, 0.05) is 18.7 Å². The first-order valence-corrected chi connectivity index (χ1v) is 9.55. The molecular weight excluding hydrogens is 312 g/mol. The molecule has 1 aliphatic rings. The van der Waals surface area contributed by atoms with Gasteiger partial charge in [0.05, 0.1) is 0 Å². The fraction of sp³-hybridized carbons (Fsp3) is 0.619. The molecule has 1 N–H and O–H groups in total. The van der Waals surface area contributed by atoms with Gasteiger partial charge in [-0.2, -0.15) is 0 Å². The number of rotatable bonds is 5. The number of aryl methyl sites for hydroxylation is 1. The first-order valence-electron chi connectivity index (χ1n) is 9.55. The molecule has 1 aromatic carbocycles. The number of benzene rings is 1. The third-order valence-electron chi connectivity index (χ3n) is 5.33. The lowest BCUT2D eigenvalue weighted by molar-refractivity contribution is -0.135. The lowest BCUT2D eigenvalue weighted by atomic mass is 9.99. The lowest BCUT2D eigenvalue weighted by Gasteiger charge is -2.32. The van der Waals surface area contributed by atoms with Crippen LogP contribution in [-0.2, 0) is 4.79 Å². The fourth-order valence-corrected chi connectivity index (χ4v) is 3.60. The van der Waals surface area contributed by atoms with Crippen molar-refractivity contribution in [2.75, 3.05) is 7.05 Å². The monoisotopic (exact) mass is 344 g/mol. The summed E-state index contributed by atoms with van der Waals surface area (Å²) in [4.78, 5) is 27.6. The summed E-state index contributed by atoms with van der Waals surface area (Å²) in [5.74, 6) is -0.0862. The molecule has 0 aromatic heterocycles. The van der Waals surface area contributed by atoms with Crippen molar-refractivity contribution in [3.05, 3.63) is 35.4 Å². The number of nitrogens with zero attached hydrogens (tertiary/aromatic N) is 1. The predicted octanol–water partition coefficient (Wildman–Crippen LogP) is 3.93. The SMILES string of the molecule is Cc1ccccc1C(=O)N[C@H](C(=O)N(C)C1CCCCCC1)C(C)C. The number of amides is 2. The van der Waals surface area contributed by atoms with Crippen LogP contribution in [0.25, 0.3) is 0 Å². The van der Waals surface area contributed by atoms with Gasteiger partial charge in [0.2, 0.25) is 5.91 Å². The van der Waals surface area contributed by atoms with E-state index in [9.17, 15) is 9.59 Å². The van der Waals surface area contributed by atoms with Crippen LogP contribution in [0.3, 0.4) is 0 Å². The first-order chi connectivity index (χ1) is 11.9. The molecule has 25 heavy (non-hydrogen) atoms. The standard InChI is InChI=1S/C21H32N2O2/c1-15(2)19(22-20(24)18-14-10-9-11-16(18)3)21(25)23(4)17-12-7-5-6-8-13-17/h9-11,14-15,17,19H,5-8,12-13H2,1-4H3,(H,22,24)/t19-/m0/s1. The maximum absolute atomic E-state index is 13.1. The predicted molar refractivity (Wildman–Crippen MR) is 102 cm³/mol. The minimum atomic E-state index is -0.486. The molecule has 1 aliphatic carbocycles. The van der Waals surface area contributed by atoms with E-state index >= 15 is 0 Å². The average Bonchev–Trinajstić information content (AvgIpc) is 2.87. The molecule has 1 fully saturated rings. The molecule has 1 saturated carbocycles. The largest absolute Gasteiger partial charge is 0.341 e. The fourth-order valence-electron chi connectivity index (χ4n) is 3.60. The van der Waals surface area contributed by atoms with E-state index in [1.807, 2.05) is 57.0 Å². The van der Waals surface area contributed by atoms with Crippen molar-refractivity contribution in [1.29, 1.82) is 0 Å². The lowest BCUT2D eigenvalue weighted by Crippen LogP contribution is -2.52. The highest BCUT2D eigenvalue weighted by atomic mass is 16.2. The maximum Gasteiger partial charge on any atom is 0.252 e. The van der Waals surface area contributed by atoms with Crippen LogP contribution in [0.2, 0.25) is 0 Å². The normalized spacial score (nSPS) is 17.0. The minimum Gasteiger partial charge on any atom is -0.341 e. The second kappa shape index (κ2) is 9.02. The van der Waals surface area contributed by atoms with Crippen LogP contribution in [0.5, 0.6) is 0 Å². The molecule has 2 rings (SSSR count). The summed E-state index contributed by atoms with van der Waals surface area (Å²) < 4.78 is 0. The van der Waals surface area contributed by atoms with Gasteiger partial charge < -0.3 is 10.2 Å². The topological polar surface area (TPSA) is 49.4 Å². The third-order valence-corrected chi connectivity index (χ3v) is 5.33. The Labute approximate surface area is 152 Å². The Balaban J connectivity index is 2.09. The van der Waals surface area contributed by atoms with Crippen LogP contribution in [-0.4, -0.2) is 35.8 Å². The molecule has 0 heterocycles. The van der Waals surface area contributed by atoms with E-state index in [0.717, 1.165) is 18.4 Å². The molecule has 1 aromatic rings. The summed E-state index contributed by atoms with van der Waals surface area (Å²) in [6, 6.07) is 7.30. The Morgan fingerprint density at radius 1 is 1.08 bits per heavy atom. The number of likely N-dealkylation sites (N-methyl/N-ethyl adjacent to an activating group) is 1. The first kappa shape index (κ1) is 19.5. The molecular formula is C21H32N2O2. The minimum absolute atomic E-state index is 0.0313. The summed E-state index contributed by atoms with van der Waals surface area (Å²) in [6.07, 6.45) is 7.03. The quantitative estimate of drug-likeness (QED) is 0.823. The van der Waals surface area contributed by atoms with Gasteiger partial charge in [0.25, 0.3) is 5.91 Å². The van der Waals surface area contributed by atoms with Gasteiger partial charge in [-0.15, -0.1) is 0 Å². The Kier molecular flexibility index (Phi) is 7.03. The number of hydrogen-bond acceptors (Lipinski definition) is 2. The van der Waals surface area contributed by atoms with Crippen molar-refractivity contribution in [3.63, 3.8) is 0 Å². The molecule has 4 heteroatoms. The highest BCUT2D eigenvalue weighted by Gasteiger charge is 2.31. The Hall–Kier alpha value is -1.84. The van der Waals surface area contributed by atoms with Crippen molar-refractivity contribution >= 4 is 11.8 Å². The number of nitrogens with one attached hydrogen (secondary N) is 1. The molecule has 138 valence electrons.